The Labute approximate surface area is 155 Å². The maximum atomic E-state index is 6.13. The van der Waals surface area contributed by atoms with Crippen molar-refractivity contribution in [1.82, 2.24) is 4.98 Å². The molecule has 1 aliphatic rings. The molecule has 142 valence electrons. The minimum atomic E-state index is 0.227. The van der Waals surface area contributed by atoms with Crippen molar-refractivity contribution in [3.8, 4) is 11.5 Å². The molecule has 2 unspecified atom stereocenters. The first kappa shape index (κ1) is 19.1. The summed E-state index contributed by atoms with van der Waals surface area (Å²) in [6.07, 6.45) is 5.73. The van der Waals surface area contributed by atoms with E-state index < -0.39 is 0 Å². The monoisotopic (exact) mass is 358 g/mol. The van der Waals surface area contributed by atoms with E-state index in [1.54, 1.807) is 0 Å². The molecule has 0 spiro atoms. The lowest BCUT2D eigenvalue weighted by Crippen LogP contribution is -2.28. The third kappa shape index (κ3) is 5.16. The van der Waals surface area contributed by atoms with Crippen LogP contribution in [-0.2, 0) is 16.1 Å². The normalized spacial score (nSPS) is 20.4. The van der Waals surface area contributed by atoms with Crippen LogP contribution >= 0.6 is 0 Å². The van der Waals surface area contributed by atoms with Crippen molar-refractivity contribution in [2.45, 2.75) is 64.8 Å². The van der Waals surface area contributed by atoms with Gasteiger partial charge in [0.15, 0.2) is 0 Å². The highest BCUT2D eigenvalue weighted by molar-refractivity contribution is 5.54. The number of aromatic nitrogens is 1. The zero-order valence-corrected chi connectivity index (χ0v) is 15.9. The zero-order valence-electron chi connectivity index (χ0n) is 15.9. The van der Waals surface area contributed by atoms with Gasteiger partial charge >= 0.3 is 0 Å². The van der Waals surface area contributed by atoms with Crippen molar-refractivity contribution in [3.63, 3.8) is 0 Å². The molecule has 0 radical (unpaired) electrons. The van der Waals surface area contributed by atoms with Crippen molar-refractivity contribution >= 4 is 0 Å². The number of hydrogen-bond donors (Lipinski definition) is 1. The second-order valence-electron chi connectivity index (χ2n) is 7.13. The molecule has 0 saturated heterocycles. The van der Waals surface area contributed by atoms with Crippen LogP contribution in [0.3, 0.4) is 0 Å². The molecule has 3 rings (SSSR count). The molecule has 5 nitrogen and oxygen atoms in total. The third-order valence-corrected chi connectivity index (χ3v) is 4.89. The average molecular weight is 358 g/mol. The van der Waals surface area contributed by atoms with Crippen LogP contribution in [0.1, 0.15) is 49.1 Å². The van der Waals surface area contributed by atoms with Gasteiger partial charge in [0.05, 0.1) is 18.8 Å². The quantitative estimate of drug-likeness (QED) is 0.718. The summed E-state index contributed by atoms with van der Waals surface area (Å²) in [5.41, 5.74) is 8.61. The predicted octanol–water partition coefficient (Wildman–Crippen LogP) is 4.15. The fourth-order valence-corrected chi connectivity index (χ4v) is 3.40. The van der Waals surface area contributed by atoms with Crippen LogP contribution in [0, 0.1) is 13.8 Å². The lowest BCUT2D eigenvalue weighted by atomic mass is 9.95. The second-order valence-corrected chi connectivity index (χ2v) is 7.13. The van der Waals surface area contributed by atoms with Crippen LogP contribution in [-0.4, -0.2) is 30.3 Å². The minimum absolute atomic E-state index is 0.227. The SMILES string of the molecule is Cc1cccc(-c2nc(COC3CCCC(OCCCN)C3)c(C)o2)c1. The lowest BCUT2D eigenvalue weighted by molar-refractivity contribution is -0.0511. The van der Waals surface area contributed by atoms with Crippen LogP contribution in [0.15, 0.2) is 28.7 Å². The largest absolute Gasteiger partial charge is 0.441 e. The highest BCUT2D eigenvalue weighted by Crippen LogP contribution is 2.26. The van der Waals surface area contributed by atoms with Crippen molar-refractivity contribution < 1.29 is 13.9 Å². The summed E-state index contributed by atoms with van der Waals surface area (Å²) in [6, 6.07) is 8.19. The standard InChI is InChI=1S/C21H30N2O3/c1-15-6-3-7-17(12-15)21-23-20(16(2)26-21)14-25-19-9-4-8-18(13-19)24-11-5-10-22/h3,6-7,12,18-19H,4-5,8-11,13-14,22H2,1-2H3. The lowest BCUT2D eigenvalue weighted by Gasteiger charge is -2.29. The number of rotatable bonds is 8. The number of nitrogens with two attached hydrogens (primary N) is 1. The van der Waals surface area contributed by atoms with E-state index in [1.807, 2.05) is 19.1 Å². The molecular formula is C21H30N2O3. The highest BCUT2D eigenvalue weighted by atomic mass is 16.5. The molecule has 2 N–H and O–H groups in total. The molecule has 0 aliphatic heterocycles. The van der Waals surface area contributed by atoms with E-state index in [0.29, 0.717) is 25.1 Å². The van der Waals surface area contributed by atoms with Gasteiger partial charge in [0.1, 0.15) is 11.5 Å². The summed E-state index contributed by atoms with van der Waals surface area (Å²) >= 11 is 0. The molecule has 1 aromatic heterocycles. The fraction of sp³-hybridized carbons (Fsp3) is 0.571. The first-order valence-electron chi connectivity index (χ1n) is 9.62. The number of hydrogen-bond acceptors (Lipinski definition) is 5. The van der Waals surface area contributed by atoms with Gasteiger partial charge in [-0.1, -0.05) is 17.7 Å². The van der Waals surface area contributed by atoms with Crippen LogP contribution in [0.5, 0.6) is 0 Å². The third-order valence-electron chi connectivity index (χ3n) is 4.89. The van der Waals surface area contributed by atoms with Gasteiger partial charge in [0.2, 0.25) is 5.89 Å². The van der Waals surface area contributed by atoms with Crippen LogP contribution in [0.2, 0.25) is 0 Å². The smallest absolute Gasteiger partial charge is 0.226 e. The molecule has 1 heterocycles. The van der Waals surface area contributed by atoms with Gasteiger partial charge in [-0.3, -0.25) is 0 Å². The number of ether oxygens (including phenoxy) is 2. The molecule has 26 heavy (non-hydrogen) atoms. The van der Waals surface area contributed by atoms with Crippen molar-refractivity contribution in [2.75, 3.05) is 13.2 Å². The summed E-state index contributed by atoms with van der Waals surface area (Å²) < 4.78 is 17.9. The Balaban J connectivity index is 1.54. The van der Waals surface area contributed by atoms with E-state index in [4.69, 9.17) is 19.6 Å². The van der Waals surface area contributed by atoms with Gasteiger partial charge in [-0.05, 0) is 64.6 Å². The molecule has 1 aromatic carbocycles. The number of benzene rings is 1. The maximum Gasteiger partial charge on any atom is 0.226 e. The first-order valence-corrected chi connectivity index (χ1v) is 9.62. The predicted molar refractivity (Wildman–Crippen MR) is 102 cm³/mol. The summed E-state index contributed by atoms with van der Waals surface area (Å²) in [6.45, 7) is 5.93. The number of oxazole rings is 1. The second kappa shape index (κ2) is 9.31. The van der Waals surface area contributed by atoms with Crippen LogP contribution in [0.4, 0.5) is 0 Å². The number of aryl methyl sites for hydroxylation is 2. The van der Waals surface area contributed by atoms with E-state index >= 15 is 0 Å². The van der Waals surface area contributed by atoms with Gasteiger partial charge in [0, 0.05) is 12.2 Å². The summed E-state index contributed by atoms with van der Waals surface area (Å²) in [5.74, 6) is 1.49. The Bertz CT molecular complexity index is 698. The number of nitrogens with zero attached hydrogens (tertiary/aromatic N) is 1. The Hall–Kier alpha value is -1.69. The van der Waals surface area contributed by atoms with E-state index in [1.165, 1.54) is 5.56 Å². The maximum absolute atomic E-state index is 6.13. The summed E-state index contributed by atoms with van der Waals surface area (Å²) in [7, 11) is 0. The van der Waals surface area contributed by atoms with Crippen molar-refractivity contribution in [1.29, 1.82) is 0 Å². The van der Waals surface area contributed by atoms with E-state index in [-0.39, 0.29) is 6.10 Å². The zero-order chi connectivity index (χ0) is 18.4. The highest BCUT2D eigenvalue weighted by Gasteiger charge is 2.24. The van der Waals surface area contributed by atoms with Crippen molar-refractivity contribution in [2.24, 2.45) is 5.73 Å². The molecule has 2 atom stereocenters. The first-order chi connectivity index (χ1) is 12.7. The Morgan fingerprint density at radius 3 is 2.77 bits per heavy atom. The van der Waals surface area contributed by atoms with Gasteiger partial charge in [-0.2, -0.15) is 0 Å². The van der Waals surface area contributed by atoms with Gasteiger partial charge in [0.25, 0.3) is 0 Å². The molecular weight excluding hydrogens is 328 g/mol. The van der Waals surface area contributed by atoms with Gasteiger partial charge < -0.3 is 19.6 Å². The Morgan fingerprint density at radius 1 is 1.19 bits per heavy atom. The average Bonchev–Trinajstić information content (AvgIpc) is 3.01. The molecule has 0 amide bonds. The van der Waals surface area contributed by atoms with Gasteiger partial charge in [-0.25, -0.2) is 4.98 Å². The Morgan fingerprint density at radius 2 is 2.00 bits per heavy atom. The topological polar surface area (TPSA) is 70.5 Å². The molecule has 1 fully saturated rings. The Kier molecular flexibility index (Phi) is 6.83. The van der Waals surface area contributed by atoms with Gasteiger partial charge in [-0.15, -0.1) is 0 Å². The van der Waals surface area contributed by atoms with Crippen LogP contribution < -0.4 is 5.73 Å². The summed E-state index contributed by atoms with van der Waals surface area (Å²) in [5, 5.41) is 0. The van der Waals surface area contributed by atoms with Crippen molar-refractivity contribution in [3.05, 3.63) is 41.3 Å². The molecule has 0 bridgehead atoms. The summed E-state index contributed by atoms with van der Waals surface area (Å²) in [4.78, 5) is 4.65. The molecule has 1 aliphatic carbocycles. The van der Waals surface area contributed by atoms with Crippen LogP contribution in [0.25, 0.3) is 11.5 Å². The molecule has 5 heteroatoms. The molecule has 2 aromatic rings. The van der Waals surface area contributed by atoms with E-state index in [0.717, 1.165) is 55.7 Å². The van der Waals surface area contributed by atoms with E-state index in [2.05, 4.69) is 24.0 Å². The molecule has 1 saturated carbocycles. The van der Waals surface area contributed by atoms with E-state index in [9.17, 15) is 0 Å². The fourth-order valence-electron chi connectivity index (χ4n) is 3.40. The minimum Gasteiger partial charge on any atom is -0.441 e.